The van der Waals surface area contributed by atoms with Crippen LogP contribution in [-0.2, 0) is 5.41 Å². The lowest BCUT2D eigenvalue weighted by Crippen LogP contribution is -2.28. The third-order valence-electron chi connectivity index (χ3n) is 10.3. The minimum atomic E-state index is -0.437. The molecule has 2 aliphatic rings. The zero-order valence-corrected chi connectivity index (χ0v) is 29.2. The van der Waals surface area contributed by atoms with Gasteiger partial charge in [-0.3, -0.25) is 0 Å². The Morgan fingerprint density at radius 3 is 1.82 bits per heavy atom. The second-order valence-corrected chi connectivity index (χ2v) is 13.3. The van der Waals surface area contributed by atoms with E-state index in [9.17, 15) is 0 Å². The average Bonchev–Trinajstić information content (AvgIpc) is 3.49. The molecule has 1 nitrogen and oxygen atoms in total. The highest BCUT2D eigenvalue weighted by atomic mass is 15.1. The van der Waals surface area contributed by atoms with Gasteiger partial charge < -0.3 is 4.90 Å². The van der Waals surface area contributed by atoms with Gasteiger partial charge in [0.2, 0.25) is 0 Å². The molecule has 8 rings (SSSR count). The average molecular weight is 656 g/mol. The molecule has 1 atom stereocenters. The normalized spacial score (nSPS) is 16.7. The van der Waals surface area contributed by atoms with Crippen LogP contribution in [0.2, 0.25) is 0 Å². The standard InChI is InChI=1S/C50H41N/c1-3-4-8-29-49(44-26-16-15-19-37(44)2)51(42-32-30-39(31-33-42)38-20-9-5-10-21-38)43-34-35-48-46(36-43)45-27-17-18-28-47(45)50(48,40-22-11-6-12-23-40)41-24-13-7-14-25-41/h3-37H,1-2H3/b4-3-,29-8-,49-44-. The molecule has 0 aliphatic heterocycles. The molecule has 0 saturated carbocycles. The van der Waals surface area contributed by atoms with Crippen molar-refractivity contribution in [2.75, 3.05) is 4.90 Å². The number of rotatable bonds is 8. The summed E-state index contributed by atoms with van der Waals surface area (Å²) >= 11 is 0. The Labute approximate surface area is 302 Å². The molecule has 0 heterocycles. The first-order chi connectivity index (χ1) is 25.2. The van der Waals surface area contributed by atoms with Gasteiger partial charge in [0.15, 0.2) is 0 Å². The van der Waals surface area contributed by atoms with Gasteiger partial charge in [0, 0.05) is 23.0 Å². The third kappa shape index (κ3) is 5.71. The molecule has 0 amide bonds. The number of nitrogens with zero attached hydrogens (tertiary/aromatic N) is 1. The van der Waals surface area contributed by atoms with Crippen LogP contribution in [0.15, 0.2) is 218 Å². The fourth-order valence-electron chi connectivity index (χ4n) is 7.96. The van der Waals surface area contributed by atoms with Crippen LogP contribution in [0.4, 0.5) is 11.4 Å². The maximum Gasteiger partial charge on any atom is 0.0713 e. The van der Waals surface area contributed by atoms with Gasteiger partial charge in [0.1, 0.15) is 0 Å². The van der Waals surface area contributed by atoms with Crippen LogP contribution in [-0.4, -0.2) is 0 Å². The quantitative estimate of drug-likeness (QED) is 0.147. The van der Waals surface area contributed by atoms with Gasteiger partial charge in [-0.25, -0.2) is 0 Å². The predicted molar refractivity (Wildman–Crippen MR) is 216 cm³/mol. The lowest BCUT2D eigenvalue weighted by molar-refractivity contribution is 0.768. The van der Waals surface area contributed by atoms with E-state index >= 15 is 0 Å². The van der Waals surface area contributed by atoms with Crippen LogP contribution in [0.25, 0.3) is 22.3 Å². The second kappa shape index (κ2) is 14.0. The lowest BCUT2D eigenvalue weighted by Gasteiger charge is -2.34. The molecule has 51 heavy (non-hydrogen) atoms. The van der Waals surface area contributed by atoms with Crippen LogP contribution < -0.4 is 4.90 Å². The molecule has 0 radical (unpaired) electrons. The number of allylic oxidation sites excluding steroid dienone is 9. The summed E-state index contributed by atoms with van der Waals surface area (Å²) < 4.78 is 0. The van der Waals surface area contributed by atoms with Crippen molar-refractivity contribution in [3.05, 3.63) is 240 Å². The van der Waals surface area contributed by atoms with Gasteiger partial charge in [-0.15, -0.1) is 0 Å². The zero-order valence-electron chi connectivity index (χ0n) is 29.2. The number of hydrogen-bond acceptors (Lipinski definition) is 1. The summed E-state index contributed by atoms with van der Waals surface area (Å²) in [4.78, 5) is 2.44. The lowest BCUT2D eigenvalue weighted by atomic mass is 9.68. The molecule has 0 saturated heterocycles. The molecular formula is C50H41N. The largest absolute Gasteiger partial charge is 0.310 e. The SMILES string of the molecule is C\C=C/C=C\C(=C1/C=CC=CC1C)N(c1ccc(-c2ccccc2)cc1)c1ccc2c(c1)-c1ccccc1C2(c1ccccc1)c1ccccc1. The van der Waals surface area contributed by atoms with Crippen molar-refractivity contribution in [1.29, 1.82) is 0 Å². The summed E-state index contributed by atoms with van der Waals surface area (Å²) in [6.45, 7) is 4.34. The highest BCUT2D eigenvalue weighted by molar-refractivity contribution is 5.89. The van der Waals surface area contributed by atoms with E-state index in [1.165, 1.54) is 50.1 Å². The molecule has 0 N–H and O–H groups in total. The maximum absolute atomic E-state index is 2.44. The summed E-state index contributed by atoms with van der Waals surface area (Å²) in [5.41, 5.74) is 14.3. The number of hydrogen-bond donors (Lipinski definition) is 0. The molecule has 1 unspecified atom stereocenters. The highest BCUT2D eigenvalue weighted by Gasteiger charge is 2.46. The van der Waals surface area contributed by atoms with Crippen molar-refractivity contribution >= 4 is 11.4 Å². The Morgan fingerprint density at radius 2 is 1.16 bits per heavy atom. The van der Waals surface area contributed by atoms with Crippen molar-refractivity contribution in [3.63, 3.8) is 0 Å². The van der Waals surface area contributed by atoms with Gasteiger partial charge in [0.05, 0.1) is 5.41 Å². The van der Waals surface area contributed by atoms with Gasteiger partial charge >= 0.3 is 0 Å². The topological polar surface area (TPSA) is 3.24 Å². The van der Waals surface area contributed by atoms with Crippen molar-refractivity contribution < 1.29 is 0 Å². The first kappa shape index (κ1) is 32.0. The number of benzene rings is 6. The molecule has 0 spiro atoms. The number of fused-ring (bicyclic) bond motifs is 3. The van der Waals surface area contributed by atoms with E-state index in [2.05, 4.69) is 225 Å². The molecule has 6 aromatic rings. The fourth-order valence-corrected chi connectivity index (χ4v) is 7.96. The maximum atomic E-state index is 2.44. The molecule has 2 aliphatic carbocycles. The Balaban J connectivity index is 1.38. The Bertz CT molecular complexity index is 2260. The van der Waals surface area contributed by atoms with Gasteiger partial charge in [-0.05, 0) is 87.3 Å². The molecular weight excluding hydrogens is 615 g/mol. The van der Waals surface area contributed by atoms with Crippen molar-refractivity contribution in [1.82, 2.24) is 0 Å². The van der Waals surface area contributed by atoms with E-state index in [1.54, 1.807) is 0 Å². The third-order valence-corrected chi connectivity index (χ3v) is 10.3. The molecule has 0 fully saturated rings. The van der Waals surface area contributed by atoms with Gasteiger partial charge in [-0.2, -0.15) is 0 Å². The molecule has 0 bridgehead atoms. The monoisotopic (exact) mass is 655 g/mol. The summed E-state index contributed by atoms with van der Waals surface area (Å²) in [6.07, 6.45) is 17.5. The zero-order chi connectivity index (χ0) is 34.6. The van der Waals surface area contributed by atoms with E-state index in [4.69, 9.17) is 0 Å². The van der Waals surface area contributed by atoms with Crippen LogP contribution in [0.5, 0.6) is 0 Å². The smallest absolute Gasteiger partial charge is 0.0713 e. The van der Waals surface area contributed by atoms with Gasteiger partial charge in [0.25, 0.3) is 0 Å². The Hall–Kier alpha value is -6.18. The number of anilines is 2. The summed E-state index contributed by atoms with van der Waals surface area (Å²) in [5.74, 6) is 0.255. The first-order valence-corrected chi connectivity index (χ1v) is 17.9. The fraction of sp³-hybridized carbons (Fsp3) is 0.0800. The minimum Gasteiger partial charge on any atom is -0.310 e. The molecule has 246 valence electrons. The summed E-state index contributed by atoms with van der Waals surface area (Å²) in [7, 11) is 0. The first-order valence-electron chi connectivity index (χ1n) is 17.9. The molecule has 6 aromatic carbocycles. The Kier molecular flexibility index (Phi) is 8.78. The van der Waals surface area contributed by atoms with Crippen LogP contribution in [0.1, 0.15) is 36.1 Å². The van der Waals surface area contributed by atoms with E-state index < -0.39 is 5.41 Å². The molecule has 0 aromatic heterocycles. The second-order valence-electron chi connectivity index (χ2n) is 13.3. The molecule has 1 heteroatoms. The van der Waals surface area contributed by atoms with Crippen molar-refractivity contribution in [3.8, 4) is 22.3 Å². The van der Waals surface area contributed by atoms with Crippen molar-refractivity contribution in [2.45, 2.75) is 19.3 Å². The van der Waals surface area contributed by atoms with Gasteiger partial charge in [-0.1, -0.05) is 183 Å². The van der Waals surface area contributed by atoms with Crippen LogP contribution in [0.3, 0.4) is 0 Å². The summed E-state index contributed by atoms with van der Waals surface area (Å²) in [5, 5.41) is 0. The Morgan fingerprint density at radius 1 is 0.569 bits per heavy atom. The van der Waals surface area contributed by atoms with E-state index in [1.807, 2.05) is 0 Å². The van der Waals surface area contributed by atoms with E-state index in [-0.39, 0.29) is 5.92 Å². The highest BCUT2D eigenvalue weighted by Crippen LogP contribution is 2.57. The van der Waals surface area contributed by atoms with E-state index in [0.29, 0.717) is 0 Å². The van der Waals surface area contributed by atoms with Crippen LogP contribution in [0, 0.1) is 5.92 Å². The van der Waals surface area contributed by atoms with Crippen molar-refractivity contribution in [2.24, 2.45) is 5.92 Å². The minimum absolute atomic E-state index is 0.255. The summed E-state index contributed by atoms with van der Waals surface area (Å²) in [6, 6.07) is 57.8. The van der Waals surface area contributed by atoms with Crippen LogP contribution >= 0.6 is 0 Å². The predicted octanol–water partition coefficient (Wildman–Crippen LogP) is 13.0. The van der Waals surface area contributed by atoms with E-state index in [0.717, 1.165) is 17.1 Å².